The van der Waals surface area contributed by atoms with Crippen molar-refractivity contribution in [3.05, 3.63) is 73.9 Å². The number of carbonyl (C=O) groups excluding carboxylic acids is 1. The molecule has 0 radical (unpaired) electrons. The number of rotatable bonds is 3. The predicted octanol–water partition coefficient (Wildman–Crippen LogP) is 5.63. The molecule has 0 aliphatic carbocycles. The number of benzene rings is 2. The zero-order chi connectivity index (χ0) is 20.0. The van der Waals surface area contributed by atoms with Crippen molar-refractivity contribution in [3.8, 4) is 11.1 Å². The zero-order valence-corrected chi connectivity index (χ0v) is 16.5. The summed E-state index contributed by atoms with van der Waals surface area (Å²) in [5, 5.41) is 12.4. The van der Waals surface area contributed by atoms with Crippen LogP contribution in [0.3, 0.4) is 0 Å². The van der Waals surface area contributed by atoms with Gasteiger partial charge in [-0.3, -0.25) is 4.79 Å². The molecular formula is C20H12BrF2NO3S. The van der Waals surface area contributed by atoms with Gasteiger partial charge in [-0.1, -0.05) is 28.1 Å². The summed E-state index contributed by atoms with van der Waals surface area (Å²) in [5.74, 6) is -3.04. The summed E-state index contributed by atoms with van der Waals surface area (Å²) in [6, 6.07) is 9.82. The first-order valence-corrected chi connectivity index (χ1v) is 9.87. The maximum absolute atomic E-state index is 14.5. The van der Waals surface area contributed by atoms with E-state index in [0.29, 0.717) is 31.7 Å². The first kappa shape index (κ1) is 18.8. The highest BCUT2D eigenvalue weighted by Gasteiger charge is 2.35. The second kappa shape index (κ2) is 7.10. The Hall–Kier alpha value is -2.58. The normalized spacial score (nSPS) is 15.8. The molecule has 4 nitrogen and oxygen atoms in total. The van der Waals surface area contributed by atoms with Gasteiger partial charge in [-0.25, -0.2) is 13.6 Å². The van der Waals surface area contributed by atoms with Gasteiger partial charge >= 0.3 is 5.97 Å². The maximum atomic E-state index is 14.5. The predicted molar refractivity (Wildman–Crippen MR) is 106 cm³/mol. The highest BCUT2D eigenvalue weighted by molar-refractivity contribution is 9.10. The van der Waals surface area contributed by atoms with Gasteiger partial charge in [0.05, 0.1) is 5.69 Å². The maximum Gasteiger partial charge on any atom is 0.346 e. The summed E-state index contributed by atoms with van der Waals surface area (Å²) < 4.78 is 28.5. The molecule has 0 saturated carbocycles. The van der Waals surface area contributed by atoms with Crippen LogP contribution < -0.4 is 5.32 Å². The van der Waals surface area contributed by atoms with Crippen molar-refractivity contribution in [2.75, 3.05) is 5.32 Å². The van der Waals surface area contributed by atoms with E-state index in [1.54, 1.807) is 12.1 Å². The topological polar surface area (TPSA) is 66.4 Å². The van der Waals surface area contributed by atoms with Gasteiger partial charge in [-0.2, -0.15) is 0 Å². The Labute approximate surface area is 171 Å². The third-order valence-corrected chi connectivity index (χ3v) is 6.35. The number of anilines is 1. The van der Waals surface area contributed by atoms with E-state index in [-0.39, 0.29) is 17.2 Å². The minimum Gasteiger partial charge on any atom is -0.477 e. The van der Waals surface area contributed by atoms with Crippen LogP contribution in [0.4, 0.5) is 14.5 Å². The molecule has 0 unspecified atom stereocenters. The molecule has 1 amide bonds. The second-order valence-electron chi connectivity index (χ2n) is 6.33. The van der Waals surface area contributed by atoms with Crippen molar-refractivity contribution in [1.82, 2.24) is 0 Å². The number of thiophene rings is 1. The molecule has 1 atom stereocenters. The van der Waals surface area contributed by atoms with Gasteiger partial charge in [0.15, 0.2) is 0 Å². The quantitative estimate of drug-likeness (QED) is 0.528. The first-order valence-electron chi connectivity index (χ1n) is 8.26. The molecule has 3 aromatic rings. The van der Waals surface area contributed by atoms with E-state index in [1.807, 2.05) is 0 Å². The fourth-order valence-corrected chi connectivity index (χ4v) is 4.98. The van der Waals surface area contributed by atoms with E-state index in [2.05, 4.69) is 21.2 Å². The van der Waals surface area contributed by atoms with Gasteiger partial charge < -0.3 is 10.4 Å². The molecule has 1 aliphatic heterocycles. The Morgan fingerprint density at radius 2 is 1.89 bits per heavy atom. The molecule has 0 bridgehead atoms. The SMILES string of the molecule is O=C1C[C@H](c2cc(Br)ccc2F)c2sc(C(=O)O)c(-c3ccc(F)cc3)c2N1. The highest BCUT2D eigenvalue weighted by atomic mass is 79.9. The molecule has 2 aromatic carbocycles. The van der Waals surface area contributed by atoms with Crippen molar-refractivity contribution >= 4 is 44.8 Å². The first-order chi connectivity index (χ1) is 13.3. The molecule has 0 spiro atoms. The summed E-state index contributed by atoms with van der Waals surface area (Å²) in [5.41, 5.74) is 1.43. The average Bonchev–Trinajstić information content (AvgIpc) is 3.03. The van der Waals surface area contributed by atoms with E-state index in [4.69, 9.17) is 0 Å². The van der Waals surface area contributed by atoms with Crippen LogP contribution in [-0.4, -0.2) is 17.0 Å². The summed E-state index contributed by atoms with van der Waals surface area (Å²) >= 11 is 4.31. The second-order valence-corrected chi connectivity index (χ2v) is 8.30. The minimum atomic E-state index is -1.17. The number of hydrogen-bond donors (Lipinski definition) is 2. The van der Waals surface area contributed by atoms with Gasteiger partial charge in [0.2, 0.25) is 5.91 Å². The van der Waals surface area contributed by atoms with Gasteiger partial charge in [0.25, 0.3) is 0 Å². The summed E-state index contributed by atoms with van der Waals surface area (Å²) in [6.45, 7) is 0. The number of carboxylic acid groups (broad SMARTS) is 1. The minimum absolute atomic E-state index is 0.00278. The lowest BCUT2D eigenvalue weighted by Gasteiger charge is -2.24. The van der Waals surface area contributed by atoms with E-state index in [9.17, 15) is 23.5 Å². The van der Waals surface area contributed by atoms with Crippen molar-refractivity contribution < 1.29 is 23.5 Å². The highest BCUT2D eigenvalue weighted by Crippen LogP contribution is 2.50. The lowest BCUT2D eigenvalue weighted by atomic mass is 9.88. The van der Waals surface area contributed by atoms with E-state index >= 15 is 0 Å². The van der Waals surface area contributed by atoms with Crippen LogP contribution >= 0.6 is 27.3 Å². The average molecular weight is 464 g/mol. The molecule has 1 aliphatic rings. The van der Waals surface area contributed by atoms with Crippen molar-refractivity contribution in [2.45, 2.75) is 12.3 Å². The number of amides is 1. The van der Waals surface area contributed by atoms with Gasteiger partial charge in [-0.15, -0.1) is 11.3 Å². The van der Waals surface area contributed by atoms with E-state index < -0.39 is 23.5 Å². The molecular weight excluding hydrogens is 452 g/mol. The monoisotopic (exact) mass is 463 g/mol. The smallest absolute Gasteiger partial charge is 0.346 e. The van der Waals surface area contributed by atoms with Crippen molar-refractivity contribution in [1.29, 1.82) is 0 Å². The summed E-state index contributed by atoms with van der Waals surface area (Å²) in [4.78, 5) is 24.8. The molecule has 0 fully saturated rings. The van der Waals surface area contributed by atoms with Crippen LogP contribution in [0.15, 0.2) is 46.9 Å². The number of halogens is 3. The van der Waals surface area contributed by atoms with Crippen LogP contribution in [0.5, 0.6) is 0 Å². The third-order valence-electron chi connectivity index (χ3n) is 4.57. The molecule has 1 aromatic heterocycles. The standard InChI is InChI=1S/C20H12BrF2NO3S/c21-10-3-6-14(23)12(7-10)13-8-15(25)24-17-16(9-1-4-11(22)5-2-9)19(20(26)27)28-18(13)17/h1-7,13H,8H2,(H,24,25)(H,26,27)/t13-/m1/s1. The Morgan fingerprint density at radius 1 is 1.18 bits per heavy atom. The van der Waals surface area contributed by atoms with Crippen LogP contribution in [0.1, 0.15) is 32.5 Å². The summed E-state index contributed by atoms with van der Waals surface area (Å²) in [7, 11) is 0. The molecule has 2 N–H and O–H groups in total. The third kappa shape index (κ3) is 3.22. The van der Waals surface area contributed by atoms with Gasteiger partial charge in [0.1, 0.15) is 16.5 Å². The van der Waals surface area contributed by atoms with Crippen LogP contribution in [-0.2, 0) is 4.79 Å². The summed E-state index contributed by atoms with van der Waals surface area (Å²) in [6.07, 6.45) is 0.00278. The fourth-order valence-electron chi connectivity index (χ4n) is 3.36. The fraction of sp³-hybridized carbons (Fsp3) is 0.100. The Morgan fingerprint density at radius 3 is 2.57 bits per heavy atom. The zero-order valence-electron chi connectivity index (χ0n) is 14.1. The van der Waals surface area contributed by atoms with Gasteiger partial charge in [0, 0.05) is 27.3 Å². The van der Waals surface area contributed by atoms with E-state index in [1.165, 1.54) is 30.3 Å². The van der Waals surface area contributed by atoms with Crippen molar-refractivity contribution in [2.24, 2.45) is 0 Å². The molecule has 0 saturated heterocycles. The van der Waals surface area contributed by atoms with Crippen LogP contribution in [0.2, 0.25) is 0 Å². The number of hydrogen-bond acceptors (Lipinski definition) is 3. The Balaban J connectivity index is 1.96. The number of carbonyl (C=O) groups is 2. The number of aromatic carboxylic acids is 1. The lowest BCUT2D eigenvalue weighted by Crippen LogP contribution is -2.23. The molecule has 142 valence electrons. The number of nitrogens with one attached hydrogen (secondary N) is 1. The molecule has 4 rings (SSSR count). The number of fused-ring (bicyclic) bond motifs is 1. The lowest BCUT2D eigenvalue weighted by molar-refractivity contribution is -0.116. The number of carboxylic acids is 1. The van der Waals surface area contributed by atoms with E-state index in [0.717, 1.165) is 11.3 Å². The van der Waals surface area contributed by atoms with Crippen LogP contribution in [0, 0.1) is 11.6 Å². The molecule has 2 heterocycles. The Bertz CT molecular complexity index is 1110. The molecule has 28 heavy (non-hydrogen) atoms. The largest absolute Gasteiger partial charge is 0.477 e. The van der Waals surface area contributed by atoms with Crippen molar-refractivity contribution in [3.63, 3.8) is 0 Å². The Kier molecular flexibility index (Phi) is 4.76. The van der Waals surface area contributed by atoms with Gasteiger partial charge in [-0.05, 0) is 41.5 Å². The molecule has 8 heteroatoms. The van der Waals surface area contributed by atoms with Crippen LogP contribution in [0.25, 0.3) is 11.1 Å².